The second-order valence-corrected chi connectivity index (χ2v) is 7.29. The van der Waals surface area contributed by atoms with Crippen LogP contribution in [-0.4, -0.2) is 30.6 Å². The summed E-state index contributed by atoms with van der Waals surface area (Å²) in [6, 6.07) is 14.7. The molecule has 0 N–H and O–H groups in total. The molecule has 2 aromatic carbocycles. The molecule has 1 aliphatic carbocycles. The first kappa shape index (κ1) is 21.4. The fourth-order valence-electron chi connectivity index (χ4n) is 3.45. The van der Waals surface area contributed by atoms with Gasteiger partial charge in [-0.2, -0.15) is 0 Å². The van der Waals surface area contributed by atoms with Crippen LogP contribution >= 0.6 is 0 Å². The maximum Gasteiger partial charge on any atom is 0.224 e. The van der Waals surface area contributed by atoms with Crippen LogP contribution in [0.15, 0.2) is 72.2 Å². The second kappa shape index (κ2) is 9.03. The molecule has 158 valence electrons. The van der Waals surface area contributed by atoms with Gasteiger partial charge in [0.2, 0.25) is 5.91 Å². The molecule has 0 aliphatic heterocycles. The molecule has 0 radical (unpaired) electrons. The average molecular weight is 411 g/mol. The minimum atomic E-state index is -0.911. The Balaban J connectivity index is 1.98. The van der Waals surface area contributed by atoms with E-state index in [1.165, 1.54) is 24.0 Å². The predicted octanol–water partition coefficient (Wildman–Crippen LogP) is 5.03. The van der Waals surface area contributed by atoms with Crippen molar-refractivity contribution >= 4 is 5.91 Å². The smallest absolute Gasteiger partial charge is 0.224 e. The number of rotatable bonds is 7. The Hall–Kier alpha value is -3.28. The molecule has 1 unspecified atom stereocenters. The van der Waals surface area contributed by atoms with E-state index in [0.29, 0.717) is 29.4 Å². The van der Waals surface area contributed by atoms with E-state index in [1.807, 2.05) is 49.4 Å². The van der Waals surface area contributed by atoms with E-state index in [9.17, 15) is 9.18 Å². The lowest BCUT2D eigenvalue weighted by atomic mass is 9.91. The third kappa shape index (κ3) is 4.82. The Morgan fingerprint density at radius 1 is 1.07 bits per heavy atom. The monoisotopic (exact) mass is 411 g/mol. The highest BCUT2D eigenvalue weighted by molar-refractivity contribution is 5.76. The fourth-order valence-corrected chi connectivity index (χ4v) is 3.45. The molecule has 0 saturated carbocycles. The number of halogens is 1. The molecule has 0 heterocycles. The van der Waals surface area contributed by atoms with Crippen molar-refractivity contribution in [2.45, 2.75) is 32.4 Å². The Labute approximate surface area is 176 Å². The second-order valence-electron chi connectivity index (χ2n) is 7.29. The minimum Gasteiger partial charge on any atom is -0.497 e. The first-order valence-corrected chi connectivity index (χ1v) is 9.66. The molecule has 6 heteroatoms. The van der Waals surface area contributed by atoms with Crippen molar-refractivity contribution in [3.8, 4) is 17.2 Å². The van der Waals surface area contributed by atoms with Gasteiger partial charge in [0, 0.05) is 19.4 Å². The van der Waals surface area contributed by atoms with E-state index < -0.39 is 11.4 Å². The van der Waals surface area contributed by atoms with E-state index in [1.54, 1.807) is 20.3 Å². The van der Waals surface area contributed by atoms with Gasteiger partial charge in [0.25, 0.3) is 0 Å². The molecule has 1 aliphatic rings. The van der Waals surface area contributed by atoms with Gasteiger partial charge in [-0.3, -0.25) is 4.79 Å². The summed E-state index contributed by atoms with van der Waals surface area (Å²) in [4.78, 5) is 14.2. The van der Waals surface area contributed by atoms with Gasteiger partial charge in [-0.25, -0.2) is 4.39 Å². The molecule has 0 saturated heterocycles. The Morgan fingerprint density at radius 3 is 2.27 bits per heavy atom. The topological polar surface area (TPSA) is 48.0 Å². The van der Waals surface area contributed by atoms with Crippen LogP contribution < -0.4 is 14.2 Å². The highest BCUT2D eigenvalue weighted by Gasteiger charge is 2.38. The van der Waals surface area contributed by atoms with Crippen LogP contribution in [-0.2, 0) is 11.3 Å². The van der Waals surface area contributed by atoms with Gasteiger partial charge in [0.05, 0.1) is 26.5 Å². The standard InChI is InChI=1S/C24H26FNO4/c1-17(27)26(16-18-12-21(28-3)15-22(13-18)29-4)23-14-19(25)10-11-24(23,2)30-20-8-6-5-7-9-20/h5-10,12-15H,11,16H2,1-4H3. The number of benzene rings is 2. The molecule has 1 atom stereocenters. The average Bonchev–Trinajstić information content (AvgIpc) is 2.74. The normalized spacial score (nSPS) is 18.2. The molecule has 0 spiro atoms. The molecule has 0 fully saturated rings. The van der Waals surface area contributed by atoms with Crippen molar-refractivity contribution < 1.29 is 23.4 Å². The summed E-state index contributed by atoms with van der Waals surface area (Å²) in [7, 11) is 3.13. The summed E-state index contributed by atoms with van der Waals surface area (Å²) in [5.41, 5.74) is 0.339. The fraction of sp³-hybridized carbons (Fsp3) is 0.292. The van der Waals surface area contributed by atoms with Gasteiger partial charge in [0.1, 0.15) is 28.7 Å². The lowest BCUT2D eigenvalue weighted by Gasteiger charge is -2.39. The highest BCUT2D eigenvalue weighted by atomic mass is 19.1. The minimum absolute atomic E-state index is 0.218. The van der Waals surface area contributed by atoms with E-state index in [2.05, 4.69) is 0 Å². The number of carbonyl (C=O) groups is 1. The van der Waals surface area contributed by atoms with E-state index in [-0.39, 0.29) is 12.5 Å². The number of para-hydroxylation sites is 1. The van der Waals surface area contributed by atoms with Crippen LogP contribution in [0.4, 0.5) is 4.39 Å². The van der Waals surface area contributed by atoms with Crippen LogP contribution in [0.5, 0.6) is 17.2 Å². The third-order valence-corrected chi connectivity index (χ3v) is 5.01. The molecule has 0 bridgehead atoms. The van der Waals surface area contributed by atoms with Gasteiger partial charge in [-0.1, -0.05) is 18.2 Å². The summed E-state index contributed by atoms with van der Waals surface area (Å²) < 4.78 is 31.2. The summed E-state index contributed by atoms with van der Waals surface area (Å²) in [6.45, 7) is 3.53. The number of methoxy groups -OCH3 is 2. The van der Waals surface area contributed by atoms with Crippen molar-refractivity contribution in [1.29, 1.82) is 0 Å². The lowest BCUT2D eigenvalue weighted by molar-refractivity contribution is -0.129. The summed E-state index contributed by atoms with van der Waals surface area (Å²) in [5.74, 6) is 1.25. The SMILES string of the molecule is COc1cc(CN(C(C)=O)C2=CC(F)=CCC2(C)Oc2ccccc2)cc(OC)c1. The van der Waals surface area contributed by atoms with Gasteiger partial charge >= 0.3 is 0 Å². The van der Waals surface area contributed by atoms with E-state index in [4.69, 9.17) is 14.2 Å². The van der Waals surface area contributed by atoms with Crippen molar-refractivity contribution in [2.75, 3.05) is 14.2 Å². The van der Waals surface area contributed by atoms with Crippen LogP contribution in [0, 0.1) is 0 Å². The molecular formula is C24H26FNO4. The van der Waals surface area contributed by atoms with Crippen molar-refractivity contribution in [3.63, 3.8) is 0 Å². The van der Waals surface area contributed by atoms with Crippen molar-refractivity contribution in [2.24, 2.45) is 0 Å². The Morgan fingerprint density at radius 2 is 1.70 bits per heavy atom. The first-order chi connectivity index (χ1) is 14.3. The number of carbonyl (C=O) groups excluding carboxylic acids is 1. The molecular weight excluding hydrogens is 385 g/mol. The number of nitrogens with zero attached hydrogens (tertiary/aromatic N) is 1. The number of allylic oxidation sites excluding steroid dienone is 2. The van der Waals surface area contributed by atoms with Crippen LogP contribution in [0.25, 0.3) is 0 Å². The third-order valence-electron chi connectivity index (χ3n) is 5.01. The Bertz CT molecular complexity index is 948. The van der Waals surface area contributed by atoms with E-state index in [0.717, 1.165) is 5.56 Å². The molecule has 3 rings (SSSR count). The van der Waals surface area contributed by atoms with Gasteiger partial charge < -0.3 is 19.1 Å². The van der Waals surface area contributed by atoms with Crippen molar-refractivity contribution in [3.05, 3.63) is 77.8 Å². The van der Waals surface area contributed by atoms with Gasteiger partial charge in [-0.15, -0.1) is 0 Å². The number of hydrogen-bond donors (Lipinski definition) is 0. The molecule has 30 heavy (non-hydrogen) atoms. The number of hydrogen-bond acceptors (Lipinski definition) is 4. The molecule has 5 nitrogen and oxygen atoms in total. The molecule has 2 aromatic rings. The molecule has 1 amide bonds. The van der Waals surface area contributed by atoms with Crippen molar-refractivity contribution in [1.82, 2.24) is 4.90 Å². The Kier molecular flexibility index (Phi) is 6.45. The van der Waals surface area contributed by atoms with Gasteiger partial charge in [0.15, 0.2) is 0 Å². The van der Waals surface area contributed by atoms with Gasteiger partial charge in [-0.05, 0) is 48.9 Å². The zero-order valence-corrected chi connectivity index (χ0v) is 17.6. The maximum atomic E-state index is 14.3. The first-order valence-electron chi connectivity index (χ1n) is 9.66. The lowest BCUT2D eigenvalue weighted by Crippen LogP contribution is -2.45. The zero-order valence-electron chi connectivity index (χ0n) is 17.6. The highest BCUT2D eigenvalue weighted by Crippen LogP contribution is 2.37. The van der Waals surface area contributed by atoms with Crippen LogP contribution in [0.2, 0.25) is 0 Å². The number of amides is 1. The quantitative estimate of drug-likeness (QED) is 0.641. The largest absolute Gasteiger partial charge is 0.497 e. The predicted molar refractivity (Wildman–Crippen MR) is 113 cm³/mol. The number of ether oxygens (including phenoxy) is 3. The summed E-state index contributed by atoms with van der Waals surface area (Å²) in [6.07, 6.45) is 3.13. The zero-order chi connectivity index (χ0) is 21.7. The maximum absolute atomic E-state index is 14.3. The summed E-state index contributed by atoms with van der Waals surface area (Å²) >= 11 is 0. The summed E-state index contributed by atoms with van der Waals surface area (Å²) in [5, 5.41) is 0. The van der Waals surface area contributed by atoms with Crippen LogP contribution in [0.3, 0.4) is 0 Å². The van der Waals surface area contributed by atoms with E-state index >= 15 is 0 Å². The molecule has 0 aromatic heterocycles. The van der Waals surface area contributed by atoms with Crippen LogP contribution in [0.1, 0.15) is 25.8 Å².